The molecule has 1 saturated heterocycles. The Balaban J connectivity index is 1.55. The summed E-state index contributed by atoms with van der Waals surface area (Å²) in [6, 6.07) is 10.1. The first-order chi connectivity index (χ1) is 12.9. The molecule has 2 N–H and O–H groups in total. The van der Waals surface area contributed by atoms with E-state index in [0.29, 0.717) is 32.6 Å². The number of aliphatic carboxylic acids is 1. The molecule has 1 aliphatic heterocycles. The monoisotopic (exact) mass is 370 g/mol. The van der Waals surface area contributed by atoms with Crippen LogP contribution in [0.2, 0.25) is 0 Å². The number of carbonyl (C=O) groups excluding carboxylic acids is 1. The summed E-state index contributed by atoms with van der Waals surface area (Å²) in [6.45, 7) is 6.43. The quantitative estimate of drug-likeness (QED) is 0.773. The average molecular weight is 370 g/mol. The topological polar surface area (TPSA) is 87.5 Å². The van der Waals surface area contributed by atoms with Crippen LogP contribution in [0.5, 0.6) is 0 Å². The number of amides is 1. The number of likely N-dealkylation sites (tertiary alicyclic amines) is 1. The lowest BCUT2D eigenvalue weighted by Gasteiger charge is -2.15. The van der Waals surface area contributed by atoms with Gasteiger partial charge in [0.25, 0.3) is 0 Å². The molecule has 7 heteroatoms. The first-order valence-electron chi connectivity index (χ1n) is 9.22. The number of aromatic nitrogens is 2. The summed E-state index contributed by atoms with van der Waals surface area (Å²) < 4.78 is 1.96. The SMILES string of the molecule is Cc1nn(Cc2ccccc2)c(C)c1CNC(=O)CN1CCC(C(=O)O)C1. The highest BCUT2D eigenvalue weighted by molar-refractivity contribution is 5.78. The second-order valence-corrected chi connectivity index (χ2v) is 7.13. The van der Waals surface area contributed by atoms with E-state index in [9.17, 15) is 9.59 Å². The molecule has 0 saturated carbocycles. The van der Waals surface area contributed by atoms with Gasteiger partial charge in [-0.05, 0) is 32.4 Å². The zero-order valence-electron chi connectivity index (χ0n) is 15.8. The Bertz CT molecular complexity index is 816. The fraction of sp³-hybridized carbons (Fsp3) is 0.450. The maximum absolute atomic E-state index is 12.2. The number of aryl methyl sites for hydroxylation is 1. The Hall–Kier alpha value is -2.67. The molecule has 0 radical (unpaired) electrons. The van der Waals surface area contributed by atoms with Gasteiger partial charge < -0.3 is 10.4 Å². The van der Waals surface area contributed by atoms with Crippen molar-refractivity contribution in [3.05, 3.63) is 52.8 Å². The molecule has 0 aliphatic carbocycles. The zero-order valence-corrected chi connectivity index (χ0v) is 15.8. The van der Waals surface area contributed by atoms with E-state index in [4.69, 9.17) is 5.11 Å². The number of hydrogen-bond acceptors (Lipinski definition) is 4. The predicted molar refractivity (Wildman–Crippen MR) is 101 cm³/mol. The fourth-order valence-electron chi connectivity index (χ4n) is 3.52. The molecule has 1 aromatic carbocycles. The summed E-state index contributed by atoms with van der Waals surface area (Å²) in [5.74, 6) is -1.23. The predicted octanol–water partition coefficient (Wildman–Crippen LogP) is 1.57. The molecular formula is C20H26N4O3. The Morgan fingerprint density at radius 2 is 2.00 bits per heavy atom. The van der Waals surface area contributed by atoms with Crippen LogP contribution in [-0.2, 0) is 22.7 Å². The van der Waals surface area contributed by atoms with Crippen molar-refractivity contribution in [2.75, 3.05) is 19.6 Å². The highest BCUT2D eigenvalue weighted by Gasteiger charge is 2.28. The summed E-state index contributed by atoms with van der Waals surface area (Å²) in [5, 5.41) is 16.6. The Kier molecular flexibility index (Phi) is 5.91. The maximum atomic E-state index is 12.2. The molecule has 0 spiro atoms. The van der Waals surface area contributed by atoms with Crippen LogP contribution in [0.15, 0.2) is 30.3 Å². The van der Waals surface area contributed by atoms with Gasteiger partial charge in [0.15, 0.2) is 0 Å². The lowest BCUT2D eigenvalue weighted by molar-refractivity contribution is -0.141. The fourth-order valence-corrected chi connectivity index (χ4v) is 3.52. The molecule has 1 aliphatic rings. The summed E-state index contributed by atoms with van der Waals surface area (Å²) >= 11 is 0. The third kappa shape index (κ3) is 4.74. The van der Waals surface area contributed by atoms with E-state index in [1.807, 2.05) is 41.6 Å². The Morgan fingerprint density at radius 3 is 2.67 bits per heavy atom. The molecule has 1 atom stereocenters. The summed E-state index contributed by atoms with van der Waals surface area (Å²) in [5.41, 5.74) is 4.17. The van der Waals surface area contributed by atoms with Crippen molar-refractivity contribution in [2.24, 2.45) is 5.92 Å². The van der Waals surface area contributed by atoms with Crippen LogP contribution in [0.25, 0.3) is 0 Å². The van der Waals surface area contributed by atoms with E-state index >= 15 is 0 Å². The molecule has 3 rings (SSSR count). The minimum atomic E-state index is -0.782. The molecule has 7 nitrogen and oxygen atoms in total. The number of carboxylic acids is 1. The van der Waals surface area contributed by atoms with Gasteiger partial charge in [0.2, 0.25) is 5.91 Å². The van der Waals surface area contributed by atoms with E-state index in [1.165, 1.54) is 5.56 Å². The van der Waals surface area contributed by atoms with Gasteiger partial charge in [0.1, 0.15) is 0 Å². The third-order valence-corrected chi connectivity index (χ3v) is 5.16. The highest BCUT2D eigenvalue weighted by Crippen LogP contribution is 2.16. The van der Waals surface area contributed by atoms with Gasteiger partial charge in [-0.1, -0.05) is 30.3 Å². The van der Waals surface area contributed by atoms with Crippen LogP contribution in [0.3, 0.4) is 0 Å². The van der Waals surface area contributed by atoms with Crippen molar-refractivity contribution < 1.29 is 14.7 Å². The van der Waals surface area contributed by atoms with Gasteiger partial charge in [-0.25, -0.2) is 0 Å². The average Bonchev–Trinajstić information content (AvgIpc) is 3.20. The van der Waals surface area contributed by atoms with Crippen LogP contribution < -0.4 is 5.32 Å². The largest absolute Gasteiger partial charge is 0.481 e. The van der Waals surface area contributed by atoms with Crippen LogP contribution in [0, 0.1) is 19.8 Å². The molecule has 1 aromatic heterocycles. The maximum Gasteiger partial charge on any atom is 0.307 e. The number of benzene rings is 1. The molecule has 144 valence electrons. The minimum absolute atomic E-state index is 0.0874. The van der Waals surface area contributed by atoms with Crippen molar-refractivity contribution in [2.45, 2.75) is 33.4 Å². The van der Waals surface area contributed by atoms with Gasteiger partial charge in [-0.3, -0.25) is 19.2 Å². The van der Waals surface area contributed by atoms with Crippen molar-refractivity contribution in [1.29, 1.82) is 0 Å². The summed E-state index contributed by atoms with van der Waals surface area (Å²) in [7, 11) is 0. The number of hydrogen-bond donors (Lipinski definition) is 2. The van der Waals surface area contributed by atoms with E-state index in [2.05, 4.69) is 22.5 Å². The van der Waals surface area contributed by atoms with Gasteiger partial charge in [-0.2, -0.15) is 5.10 Å². The molecule has 27 heavy (non-hydrogen) atoms. The Labute approximate surface area is 159 Å². The molecular weight excluding hydrogens is 344 g/mol. The van der Waals surface area contributed by atoms with Crippen molar-refractivity contribution in [3.63, 3.8) is 0 Å². The van der Waals surface area contributed by atoms with Gasteiger partial charge >= 0.3 is 5.97 Å². The van der Waals surface area contributed by atoms with Crippen LogP contribution in [-0.4, -0.2) is 51.3 Å². The lowest BCUT2D eigenvalue weighted by Crippen LogP contribution is -2.36. The molecule has 1 fully saturated rings. The van der Waals surface area contributed by atoms with Crippen molar-refractivity contribution in [1.82, 2.24) is 20.0 Å². The number of carboxylic acid groups (broad SMARTS) is 1. The number of nitrogens with one attached hydrogen (secondary N) is 1. The van der Waals surface area contributed by atoms with Crippen LogP contribution >= 0.6 is 0 Å². The number of carbonyl (C=O) groups is 2. The van der Waals surface area contributed by atoms with E-state index in [0.717, 1.165) is 17.0 Å². The van der Waals surface area contributed by atoms with Gasteiger partial charge in [0.05, 0.1) is 24.7 Å². The smallest absolute Gasteiger partial charge is 0.307 e. The number of nitrogens with zero attached hydrogens (tertiary/aromatic N) is 3. The summed E-state index contributed by atoms with van der Waals surface area (Å²) in [4.78, 5) is 25.2. The van der Waals surface area contributed by atoms with E-state index in [1.54, 1.807) is 0 Å². The molecule has 2 heterocycles. The van der Waals surface area contributed by atoms with Gasteiger partial charge in [0, 0.05) is 24.3 Å². The Morgan fingerprint density at radius 1 is 1.26 bits per heavy atom. The third-order valence-electron chi connectivity index (χ3n) is 5.16. The second-order valence-electron chi connectivity index (χ2n) is 7.13. The highest BCUT2D eigenvalue weighted by atomic mass is 16.4. The van der Waals surface area contributed by atoms with E-state index < -0.39 is 5.97 Å². The zero-order chi connectivity index (χ0) is 19.4. The summed E-state index contributed by atoms with van der Waals surface area (Å²) in [6.07, 6.45) is 0.604. The molecule has 2 aromatic rings. The van der Waals surface area contributed by atoms with Crippen LogP contribution in [0.1, 0.15) is 28.9 Å². The van der Waals surface area contributed by atoms with Gasteiger partial charge in [-0.15, -0.1) is 0 Å². The van der Waals surface area contributed by atoms with E-state index in [-0.39, 0.29) is 18.4 Å². The first kappa shape index (κ1) is 19.1. The normalized spacial score (nSPS) is 17.2. The lowest BCUT2D eigenvalue weighted by atomic mass is 10.1. The van der Waals surface area contributed by atoms with Crippen molar-refractivity contribution in [3.8, 4) is 0 Å². The van der Waals surface area contributed by atoms with Crippen LogP contribution in [0.4, 0.5) is 0 Å². The standard InChI is InChI=1S/C20H26N4O3/c1-14-18(15(2)24(22-14)11-16-6-4-3-5-7-16)10-21-19(25)13-23-9-8-17(12-23)20(26)27/h3-7,17H,8-13H2,1-2H3,(H,21,25)(H,26,27). The number of rotatable bonds is 7. The molecule has 1 unspecified atom stereocenters. The molecule has 1 amide bonds. The second kappa shape index (κ2) is 8.35. The minimum Gasteiger partial charge on any atom is -0.481 e. The molecule has 0 bridgehead atoms. The van der Waals surface area contributed by atoms with Crippen molar-refractivity contribution >= 4 is 11.9 Å². The first-order valence-corrected chi connectivity index (χ1v) is 9.22.